The van der Waals surface area contributed by atoms with E-state index in [4.69, 9.17) is 11.6 Å². The molecular formula is C12H16ClFO. The SMILES string of the molecule is CC(C)CCC(O)c1ccc(Cl)cc1F. The third-order valence-electron chi connectivity index (χ3n) is 2.34. The molecule has 3 heteroatoms. The van der Waals surface area contributed by atoms with Crippen LogP contribution in [0.15, 0.2) is 18.2 Å². The lowest BCUT2D eigenvalue weighted by Crippen LogP contribution is -2.02. The summed E-state index contributed by atoms with van der Waals surface area (Å²) in [4.78, 5) is 0. The molecule has 0 aliphatic carbocycles. The van der Waals surface area contributed by atoms with Gasteiger partial charge in [0.25, 0.3) is 0 Å². The zero-order valence-corrected chi connectivity index (χ0v) is 9.76. The number of aliphatic hydroxyl groups excluding tert-OH is 1. The minimum Gasteiger partial charge on any atom is -0.388 e. The van der Waals surface area contributed by atoms with Crippen molar-refractivity contribution in [1.82, 2.24) is 0 Å². The van der Waals surface area contributed by atoms with Gasteiger partial charge in [-0.3, -0.25) is 0 Å². The summed E-state index contributed by atoms with van der Waals surface area (Å²) < 4.78 is 13.4. The van der Waals surface area contributed by atoms with Crippen LogP contribution in [-0.4, -0.2) is 5.11 Å². The molecule has 0 saturated carbocycles. The smallest absolute Gasteiger partial charge is 0.130 e. The summed E-state index contributed by atoms with van der Waals surface area (Å²) in [5.41, 5.74) is 0.333. The third kappa shape index (κ3) is 3.80. The van der Waals surface area contributed by atoms with Crippen LogP contribution in [0.2, 0.25) is 5.02 Å². The number of hydrogen-bond acceptors (Lipinski definition) is 1. The van der Waals surface area contributed by atoms with E-state index in [1.807, 2.05) is 0 Å². The second kappa shape index (κ2) is 5.47. The summed E-state index contributed by atoms with van der Waals surface area (Å²) in [5.74, 6) is 0.0776. The quantitative estimate of drug-likeness (QED) is 0.831. The summed E-state index contributed by atoms with van der Waals surface area (Å²) in [7, 11) is 0. The predicted octanol–water partition coefficient (Wildman–Crippen LogP) is 3.95. The Bertz CT molecular complexity index is 325. The van der Waals surface area contributed by atoms with Crippen LogP contribution in [0, 0.1) is 11.7 Å². The number of rotatable bonds is 4. The molecule has 0 radical (unpaired) electrons. The standard InChI is InChI=1S/C12H16ClFO/c1-8(2)3-6-12(15)10-5-4-9(13)7-11(10)14/h4-5,7-8,12,15H,3,6H2,1-2H3. The Labute approximate surface area is 94.9 Å². The van der Waals surface area contributed by atoms with Crippen molar-refractivity contribution in [3.8, 4) is 0 Å². The van der Waals surface area contributed by atoms with Gasteiger partial charge in [-0.2, -0.15) is 0 Å². The summed E-state index contributed by atoms with van der Waals surface area (Å²) in [6.45, 7) is 4.15. The van der Waals surface area contributed by atoms with Gasteiger partial charge >= 0.3 is 0 Å². The molecule has 0 fully saturated rings. The molecule has 15 heavy (non-hydrogen) atoms. The molecule has 0 amide bonds. The highest BCUT2D eigenvalue weighted by Crippen LogP contribution is 2.25. The van der Waals surface area contributed by atoms with Gasteiger partial charge in [0.15, 0.2) is 0 Å². The molecule has 1 unspecified atom stereocenters. The maximum Gasteiger partial charge on any atom is 0.130 e. The molecule has 1 aromatic rings. The highest BCUT2D eigenvalue weighted by Gasteiger charge is 2.13. The lowest BCUT2D eigenvalue weighted by molar-refractivity contribution is 0.155. The van der Waals surface area contributed by atoms with Gasteiger partial charge in [0.05, 0.1) is 6.10 Å². The highest BCUT2D eigenvalue weighted by molar-refractivity contribution is 6.30. The minimum atomic E-state index is -0.732. The van der Waals surface area contributed by atoms with E-state index in [9.17, 15) is 9.50 Å². The van der Waals surface area contributed by atoms with Crippen molar-refractivity contribution in [2.75, 3.05) is 0 Å². The van der Waals surface area contributed by atoms with Crippen molar-refractivity contribution in [1.29, 1.82) is 0 Å². The van der Waals surface area contributed by atoms with Gasteiger partial charge in [0, 0.05) is 10.6 Å². The fraction of sp³-hybridized carbons (Fsp3) is 0.500. The van der Waals surface area contributed by atoms with E-state index < -0.39 is 11.9 Å². The number of benzene rings is 1. The first kappa shape index (κ1) is 12.5. The summed E-state index contributed by atoms with van der Waals surface area (Å²) in [6.07, 6.45) is 0.726. The first-order valence-corrected chi connectivity index (χ1v) is 5.51. The van der Waals surface area contributed by atoms with Crippen LogP contribution < -0.4 is 0 Å². The van der Waals surface area contributed by atoms with E-state index in [-0.39, 0.29) is 0 Å². The van der Waals surface area contributed by atoms with Gasteiger partial charge in [-0.1, -0.05) is 31.5 Å². The fourth-order valence-electron chi connectivity index (χ4n) is 1.42. The van der Waals surface area contributed by atoms with Gasteiger partial charge in [0.1, 0.15) is 5.82 Å². The zero-order valence-electron chi connectivity index (χ0n) is 9.00. The molecule has 0 aromatic heterocycles. The number of halogens is 2. The zero-order chi connectivity index (χ0) is 11.4. The number of hydrogen-bond donors (Lipinski definition) is 1. The maximum atomic E-state index is 13.4. The van der Waals surface area contributed by atoms with Crippen LogP contribution in [0.5, 0.6) is 0 Å². The number of aliphatic hydroxyl groups is 1. The van der Waals surface area contributed by atoms with Crippen LogP contribution >= 0.6 is 11.6 Å². The molecule has 1 N–H and O–H groups in total. The summed E-state index contributed by atoms with van der Waals surface area (Å²) in [6, 6.07) is 4.37. The Kier molecular flexibility index (Phi) is 4.55. The Balaban J connectivity index is 2.69. The van der Waals surface area contributed by atoms with Gasteiger partial charge in [0.2, 0.25) is 0 Å². The van der Waals surface area contributed by atoms with Crippen LogP contribution in [0.3, 0.4) is 0 Å². The lowest BCUT2D eigenvalue weighted by atomic mass is 10.00. The van der Waals surface area contributed by atoms with Crippen LogP contribution in [-0.2, 0) is 0 Å². The Morgan fingerprint density at radius 1 is 1.33 bits per heavy atom. The average Bonchev–Trinajstić information content (AvgIpc) is 2.14. The van der Waals surface area contributed by atoms with Gasteiger partial charge < -0.3 is 5.11 Å². The van der Waals surface area contributed by atoms with Crippen molar-refractivity contribution in [3.63, 3.8) is 0 Å². The minimum absolute atomic E-state index is 0.333. The monoisotopic (exact) mass is 230 g/mol. The Morgan fingerprint density at radius 2 is 2.00 bits per heavy atom. The van der Waals surface area contributed by atoms with Crippen LogP contribution in [0.4, 0.5) is 4.39 Å². The maximum absolute atomic E-state index is 13.4. The van der Waals surface area contributed by atoms with E-state index >= 15 is 0 Å². The predicted molar refractivity (Wildman–Crippen MR) is 60.4 cm³/mol. The van der Waals surface area contributed by atoms with Crippen molar-refractivity contribution in [2.45, 2.75) is 32.8 Å². The molecule has 0 aliphatic heterocycles. The van der Waals surface area contributed by atoms with Crippen LogP contribution in [0.25, 0.3) is 0 Å². The first-order valence-electron chi connectivity index (χ1n) is 5.13. The molecule has 1 rings (SSSR count). The third-order valence-corrected chi connectivity index (χ3v) is 2.57. The van der Waals surface area contributed by atoms with E-state index in [2.05, 4.69) is 13.8 Å². The van der Waals surface area contributed by atoms with Crippen molar-refractivity contribution >= 4 is 11.6 Å². The highest BCUT2D eigenvalue weighted by atomic mass is 35.5. The fourth-order valence-corrected chi connectivity index (χ4v) is 1.58. The van der Waals surface area contributed by atoms with Gasteiger partial charge in [-0.25, -0.2) is 4.39 Å². The summed E-state index contributed by atoms with van der Waals surface area (Å²) >= 11 is 5.63. The molecule has 1 atom stereocenters. The second-order valence-electron chi connectivity index (χ2n) is 4.15. The van der Waals surface area contributed by atoms with Gasteiger partial charge in [-0.05, 0) is 30.9 Å². The average molecular weight is 231 g/mol. The second-order valence-corrected chi connectivity index (χ2v) is 4.59. The van der Waals surface area contributed by atoms with Crippen molar-refractivity contribution in [3.05, 3.63) is 34.6 Å². The molecular weight excluding hydrogens is 215 g/mol. The molecule has 0 spiro atoms. The van der Waals surface area contributed by atoms with E-state index in [1.54, 1.807) is 12.1 Å². The van der Waals surface area contributed by atoms with Gasteiger partial charge in [-0.15, -0.1) is 0 Å². The Hall–Kier alpha value is -0.600. The summed E-state index contributed by atoms with van der Waals surface area (Å²) in [5, 5.41) is 10.1. The normalized spacial score (nSPS) is 13.2. The van der Waals surface area contributed by atoms with Crippen molar-refractivity contribution in [2.24, 2.45) is 5.92 Å². The van der Waals surface area contributed by atoms with Crippen LogP contribution in [0.1, 0.15) is 38.4 Å². The Morgan fingerprint density at radius 3 is 2.53 bits per heavy atom. The van der Waals surface area contributed by atoms with E-state index in [0.29, 0.717) is 22.9 Å². The van der Waals surface area contributed by atoms with E-state index in [1.165, 1.54) is 6.07 Å². The lowest BCUT2D eigenvalue weighted by Gasteiger charge is -2.13. The molecule has 0 heterocycles. The first-order chi connectivity index (χ1) is 7.00. The largest absolute Gasteiger partial charge is 0.388 e. The molecule has 0 saturated heterocycles. The molecule has 1 aromatic carbocycles. The molecule has 84 valence electrons. The van der Waals surface area contributed by atoms with Crippen molar-refractivity contribution < 1.29 is 9.50 Å². The topological polar surface area (TPSA) is 20.2 Å². The molecule has 0 aliphatic rings. The molecule has 0 bridgehead atoms. The molecule has 1 nitrogen and oxygen atoms in total. The van der Waals surface area contributed by atoms with E-state index in [0.717, 1.165) is 6.42 Å².